The number of carbonyl (C=O) groups excluding carboxylic acids is 1. The van der Waals surface area contributed by atoms with E-state index in [4.69, 9.17) is 4.74 Å². The largest absolute Gasteiger partial charge is 0.496 e. The van der Waals surface area contributed by atoms with Gasteiger partial charge in [-0.2, -0.15) is 0 Å². The Bertz CT molecular complexity index is 876. The van der Waals surface area contributed by atoms with Crippen LogP contribution in [-0.4, -0.2) is 28.8 Å². The van der Waals surface area contributed by atoms with Crippen LogP contribution in [0.1, 0.15) is 15.9 Å². The number of rotatable bonds is 6. The molecule has 1 N–H and O–H groups in total. The smallest absolute Gasteiger partial charge is 0.251 e. The average Bonchev–Trinajstić information content (AvgIpc) is 3.15. The molecule has 1 aromatic heterocycles. The Hall–Kier alpha value is -2.73. The Morgan fingerprint density at radius 1 is 1.24 bits per heavy atom. The molecule has 0 aliphatic carbocycles. The van der Waals surface area contributed by atoms with Gasteiger partial charge in [0.25, 0.3) is 5.91 Å². The number of ether oxygens (including phenoxy) is 1. The summed E-state index contributed by atoms with van der Waals surface area (Å²) in [6.07, 6.45) is 5.61. The first-order valence-electron chi connectivity index (χ1n) is 7.81. The highest BCUT2D eigenvalue weighted by molar-refractivity contribution is 7.98. The van der Waals surface area contributed by atoms with Crippen molar-refractivity contribution < 1.29 is 9.53 Å². The van der Waals surface area contributed by atoms with Crippen molar-refractivity contribution in [3.05, 3.63) is 72.1 Å². The van der Waals surface area contributed by atoms with Gasteiger partial charge in [-0.1, -0.05) is 36.0 Å². The monoisotopic (exact) mass is 353 g/mol. The summed E-state index contributed by atoms with van der Waals surface area (Å²) >= 11 is 1.56. The van der Waals surface area contributed by atoms with Crippen molar-refractivity contribution in [3.8, 4) is 11.4 Å². The molecule has 0 bridgehead atoms. The van der Waals surface area contributed by atoms with Gasteiger partial charge < -0.3 is 10.1 Å². The molecule has 0 unspecified atom stereocenters. The zero-order valence-corrected chi connectivity index (χ0v) is 14.9. The van der Waals surface area contributed by atoms with Crippen molar-refractivity contribution in [2.24, 2.45) is 0 Å². The number of nitrogens with one attached hydrogen (secondary N) is 1. The van der Waals surface area contributed by atoms with E-state index in [0.717, 1.165) is 22.2 Å². The van der Waals surface area contributed by atoms with Gasteiger partial charge in [0.05, 0.1) is 7.11 Å². The van der Waals surface area contributed by atoms with Crippen LogP contribution in [0.15, 0.2) is 66.1 Å². The van der Waals surface area contributed by atoms with E-state index >= 15 is 0 Å². The van der Waals surface area contributed by atoms with E-state index in [1.807, 2.05) is 59.5 Å². The molecule has 1 heterocycles. The highest BCUT2D eigenvalue weighted by Gasteiger charge is 2.10. The van der Waals surface area contributed by atoms with E-state index in [-0.39, 0.29) is 5.91 Å². The first-order valence-corrected chi connectivity index (χ1v) is 9.03. The third-order valence-electron chi connectivity index (χ3n) is 3.81. The Kier molecular flexibility index (Phi) is 5.40. The van der Waals surface area contributed by atoms with Gasteiger partial charge in [0.2, 0.25) is 0 Å². The molecule has 0 atom stereocenters. The van der Waals surface area contributed by atoms with Crippen molar-refractivity contribution in [1.29, 1.82) is 0 Å². The highest BCUT2D eigenvalue weighted by atomic mass is 32.2. The van der Waals surface area contributed by atoms with E-state index in [0.29, 0.717) is 12.1 Å². The van der Waals surface area contributed by atoms with Gasteiger partial charge in [-0.3, -0.25) is 9.36 Å². The quantitative estimate of drug-likeness (QED) is 0.689. The number of para-hydroxylation sites is 1. The molecule has 0 fully saturated rings. The lowest BCUT2D eigenvalue weighted by Crippen LogP contribution is -2.23. The van der Waals surface area contributed by atoms with Crippen LogP contribution in [0.25, 0.3) is 5.69 Å². The Labute approximate surface area is 151 Å². The molecule has 0 saturated heterocycles. The summed E-state index contributed by atoms with van der Waals surface area (Å²) in [4.78, 5) is 16.8. The molecule has 6 heteroatoms. The molecular weight excluding hydrogens is 334 g/mol. The van der Waals surface area contributed by atoms with Gasteiger partial charge in [0.1, 0.15) is 5.75 Å². The molecule has 0 saturated carbocycles. The van der Waals surface area contributed by atoms with Crippen molar-refractivity contribution >= 4 is 17.7 Å². The Morgan fingerprint density at radius 3 is 2.88 bits per heavy atom. The molecule has 1 amide bonds. The molecule has 0 spiro atoms. The number of thioether (sulfide) groups is 1. The molecule has 0 aliphatic rings. The Morgan fingerprint density at radius 2 is 2.08 bits per heavy atom. The van der Waals surface area contributed by atoms with Gasteiger partial charge in [0, 0.05) is 35.8 Å². The first-order chi connectivity index (χ1) is 12.2. The summed E-state index contributed by atoms with van der Waals surface area (Å²) in [5.74, 6) is 0.637. The van der Waals surface area contributed by atoms with Crippen LogP contribution in [0.2, 0.25) is 0 Å². The van der Waals surface area contributed by atoms with Gasteiger partial charge in [-0.25, -0.2) is 4.98 Å². The summed E-state index contributed by atoms with van der Waals surface area (Å²) in [6.45, 7) is 0.411. The third kappa shape index (κ3) is 3.85. The molecule has 5 nitrogen and oxygen atoms in total. The van der Waals surface area contributed by atoms with Crippen molar-refractivity contribution in [2.75, 3.05) is 13.4 Å². The number of carbonyl (C=O) groups is 1. The lowest BCUT2D eigenvalue weighted by molar-refractivity contribution is 0.0950. The number of nitrogens with zero attached hydrogens (tertiary/aromatic N) is 2. The van der Waals surface area contributed by atoms with Crippen molar-refractivity contribution in [3.63, 3.8) is 0 Å². The molecule has 2 aromatic carbocycles. The SMILES string of the molecule is COc1ccccc1CNC(=O)c1cccc(-n2ccnc2SC)c1. The molecular formula is C19H19N3O2S. The Balaban J connectivity index is 1.76. The normalized spacial score (nSPS) is 10.5. The number of aromatic nitrogens is 2. The molecule has 128 valence electrons. The predicted molar refractivity (Wildman–Crippen MR) is 99.5 cm³/mol. The van der Waals surface area contributed by atoms with Crippen molar-refractivity contribution in [1.82, 2.24) is 14.9 Å². The minimum atomic E-state index is -0.126. The molecule has 3 aromatic rings. The molecule has 3 rings (SSSR count). The number of methoxy groups -OCH3 is 1. The summed E-state index contributed by atoms with van der Waals surface area (Å²) < 4.78 is 7.27. The topological polar surface area (TPSA) is 56.1 Å². The van der Waals surface area contributed by atoms with Crippen LogP contribution < -0.4 is 10.1 Å². The molecule has 0 radical (unpaired) electrons. The van der Waals surface area contributed by atoms with Gasteiger partial charge >= 0.3 is 0 Å². The summed E-state index contributed by atoms with van der Waals surface area (Å²) in [5, 5.41) is 3.82. The maximum Gasteiger partial charge on any atom is 0.251 e. The van der Waals surface area contributed by atoms with E-state index in [1.54, 1.807) is 31.1 Å². The van der Waals surface area contributed by atoms with Crippen LogP contribution in [0.3, 0.4) is 0 Å². The van der Waals surface area contributed by atoms with Gasteiger partial charge in [-0.15, -0.1) is 0 Å². The fourth-order valence-corrected chi connectivity index (χ4v) is 3.09. The maximum atomic E-state index is 12.5. The van der Waals surface area contributed by atoms with E-state index in [2.05, 4.69) is 10.3 Å². The van der Waals surface area contributed by atoms with E-state index in [1.165, 1.54) is 0 Å². The van der Waals surface area contributed by atoms with Crippen molar-refractivity contribution in [2.45, 2.75) is 11.7 Å². The zero-order chi connectivity index (χ0) is 17.6. The lowest BCUT2D eigenvalue weighted by Gasteiger charge is -2.11. The maximum absolute atomic E-state index is 12.5. The lowest BCUT2D eigenvalue weighted by atomic mass is 10.1. The van der Waals surface area contributed by atoms with E-state index < -0.39 is 0 Å². The van der Waals surface area contributed by atoms with Crippen LogP contribution in [0.4, 0.5) is 0 Å². The summed E-state index contributed by atoms with van der Waals surface area (Å²) in [6, 6.07) is 15.1. The summed E-state index contributed by atoms with van der Waals surface area (Å²) in [5.41, 5.74) is 2.45. The standard InChI is InChI=1S/C19H19N3O2S/c1-24-17-9-4-3-6-15(17)13-21-18(23)14-7-5-8-16(12-14)22-11-10-20-19(22)25-2/h3-12H,13H2,1-2H3,(H,21,23). The minimum Gasteiger partial charge on any atom is -0.496 e. The second kappa shape index (κ2) is 7.90. The second-order valence-electron chi connectivity index (χ2n) is 5.33. The molecule has 25 heavy (non-hydrogen) atoms. The average molecular weight is 353 g/mol. The van der Waals surface area contributed by atoms with Crippen LogP contribution in [0.5, 0.6) is 5.75 Å². The first kappa shape index (κ1) is 17.1. The number of hydrogen-bond acceptors (Lipinski definition) is 4. The fourth-order valence-electron chi connectivity index (χ4n) is 2.56. The second-order valence-corrected chi connectivity index (χ2v) is 6.10. The number of benzene rings is 2. The predicted octanol–water partition coefficient (Wildman–Crippen LogP) is 3.53. The fraction of sp³-hybridized carbons (Fsp3) is 0.158. The van der Waals surface area contributed by atoms with E-state index in [9.17, 15) is 4.79 Å². The van der Waals surface area contributed by atoms with Crippen LogP contribution in [0, 0.1) is 0 Å². The number of hydrogen-bond donors (Lipinski definition) is 1. The highest BCUT2D eigenvalue weighted by Crippen LogP contribution is 2.20. The minimum absolute atomic E-state index is 0.126. The third-order valence-corrected chi connectivity index (χ3v) is 4.48. The van der Waals surface area contributed by atoms with Crippen LogP contribution >= 0.6 is 11.8 Å². The number of amides is 1. The number of imidazole rings is 1. The summed E-state index contributed by atoms with van der Waals surface area (Å²) in [7, 11) is 1.62. The van der Waals surface area contributed by atoms with Crippen LogP contribution in [-0.2, 0) is 6.54 Å². The zero-order valence-electron chi connectivity index (χ0n) is 14.1. The van der Waals surface area contributed by atoms with Gasteiger partial charge in [-0.05, 0) is 30.5 Å². The molecule has 0 aliphatic heterocycles. The van der Waals surface area contributed by atoms with Gasteiger partial charge in [0.15, 0.2) is 5.16 Å².